The van der Waals surface area contributed by atoms with E-state index in [1.807, 2.05) is 36.4 Å². The van der Waals surface area contributed by atoms with Gasteiger partial charge in [0, 0.05) is 0 Å². The molecule has 2 N–H and O–H groups in total. The Kier molecular flexibility index (Phi) is 3.96. The van der Waals surface area contributed by atoms with Crippen molar-refractivity contribution < 1.29 is 14.0 Å². The largest absolute Gasteiger partial charge is 0.469 e. The van der Waals surface area contributed by atoms with E-state index in [0.29, 0.717) is 11.4 Å². The highest BCUT2D eigenvalue weighted by Gasteiger charge is 2.56. The zero-order chi connectivity index (χ0) is 20.1. The minimum atomic E-state index is -0.743. The number of rotatable bonds is 2. The van der Waals surface area contributed by atoms with Gasteiger partial charge in [-0.1, -0.05) is 42.1 Å². The van der Waals surface area contributed by atoms with Crippen molar-refractivity contribution in [2.75, 3.05) is 4.90 Å². The van der Waals surface area contributed by atoms with Gasteiger partial charge in [0.2, 0.25) is 11.8 Å². The molecule has 0 aliphatic carbocycles. The smallest absolute Gasteiger partial charge is 0.248 e. The lowest BCUT2D eigenvalue weighted by Crippen LogP contribution is -2.33. The van der Waals surface area contributed by atoms with Gasteiger partial charge in [-0.05, 0) is 35.0 Å². The first-order valence-corrected chi connectivity index (χ1v) is 9.94. The summed E-state index contributed by atoms with van der Waals surface area (Å²) in [4.78, 5) is 27.9. The van der Waals surface area contributed by atoms with Crippen molar-refractivity contribution in [3.05, 3.63) is 77.2 Å². The molecular weight excluding hydrogens is 386 g/mol. The summed E-state index contributed by atoms with van der Waals surface area (Å²) in [5.74, 6) is -1.63. The van der Waals surface area contributed by atoms with Crippen molar-refractivity contribution >= 4 is 40.0 Å². The van der Waals surface area contributed by atoms with Crippen LogP contribution in [0.5, 0.6) is 0 Å². The third-order valence-corrected chi connectivity index (χ3v) is 6.67. The molecule has 1 aromatic heterocycles. The quantitative estimate of drug-likeness (QED) is 0.660. The Hall–Kier alpha value is -3.50. The summed E-state index contributed by atoms with van der Waals surface area (Å²) in [5, 5.41) is 11.2. The van der Waals surface area contributed by atoms with E-state index < -0.39 is 17.1 Å². The molecule has 3 aromatic rings. The highest BCUT2D eigenvalue weighted by molar-refractivity contribution is 8.04. The predicted octanol–water partition coefficient (Wildman–Crippen LogP) is 3.52. The summed E-state index contributed by atoms with van der Waals surface area (Å²) in [6, 6.07) is 18.7. The predicted molar refractivity (Wildman–Crippen MR) is 110 cm³/mol. The third kappa shape index (κ3) is 2.57. The number of nitrogens with two attached hydrogens (primary N) is 1. The zero-order valence-electron chi connectivity index (χ0n) is 15.1. The van der Waals surface area contributed by atoms with Gasteiger partial charge in [-0.2, -0.15) is 5.26 Å². The molecule has 29 heavy (non-hydrogen) atoms. The lowest BCUT2D eigenvalue weighted by molar-refractivity contribution is -0.122. The molecule has 142 valence electrons. The highest BCUT2D eigenvalue weighted by atomic mass is 32.2. The summed E-state index contributed by atoms with van der Waals surface area (Å²) < 4.78 is 5.51. The molecule has 1 fully saturated rings. The van der Waals surface area contributed by atoms with Crippen molar-refractivity contribution in [1.82, 2.24) is 0 Å². The fraction of sp³-hybridized carbons (Fsp3) is 0.136. The SMILES string of the molecule is N#CC1=C(N)S[C@@H]2C(=O)N(c3ccc4ccccc4c3)C(=O)[C@H]2[C@@H]1c1ccco1. The second-order valence-corrected chi connectivity index (χ2v) is 8.17. The number of imide groups is 1. The van der Waals surface area contributed by atoms with Crippen molar-refractivity contribution in [1.29, 1.82) is 5.26 Å². The summed E-state index contributed by atoms with van der Waals surface area (Å²) in [6.07, 6.45) is 1.49. The highest BCUT2D eigenvalue weighted by Crippen LogP contribution is 2.50. The molecule has 0 saturated carbocycles. The van der Waals surface area contributed by atoms with Crippen LogP contribution < -0.4 is 10.6 Å². The van der Waals surface area contributed by atoms with Crippen LogP contribution in [-0.4, -0.2) is 17.1 Å². The van der Waals surface area contributed by atoms with Gasteiger partial charge in [-0.25, -0.2) is 4.90 Å². The van der Waals surface area contributed by atoms with Gasteiger partial charge in [0.05, 0.1) is 40.5 Å². The summed E-state index contributed by atoms with van der Waals surface area (Å²) in [7, 11) is 0. The monoisotopic (exact) mass is 401 g/mol. The van der Waals surface area contributed by atoms with E-state index in [-0.39, 0.29) is 22.4 Å². The van der Waals surface area contributed by atoms with Crippen LogP contribution in [0.1, 0.15) is 11.7 Å². The summed E-state index contributed by atoms with van der Waals surface area (Å²) in [6.45, 7) is 0. The fourth-order valence-electron chi connectivity index (χ4n) is 4.12. The van der Waals surface area contributed by atoms with Gasteiger partial charge in [0.25, 0.3) is 0 Å². The lowest BCUT2D eigenvalue weighted by Gasteiger charge is -2.28. The average molecular weight is 401 g/mol. The van der Waals surface area contributed by atoms with Crippen LogP contribution in [0.25, 0.3) is 10.8 Å². The van der Waals surface area contributed by atoms with Crippen LogP contribution in [0.15, 0.2) is 75.9 Å². The Balaban J connectivity index is 1.62. The molecule has 5 rings (SSSR count). The molecule has 2 aliphatic rings. The van der Waals surface area contributed by atoms with Gasteiger partial charge in [0.1, 0.15) is 11.0 Å². The maximum atomic E-state index is 13.4. The number of hydrogen-bond donors (Lipinski definition) is 1. The van der Waals surface area contributed by atoms with Gasteiger partial charge in [0.15, 0.2) is 0 Å². The number of allylic oxidation sites excluding steroid dienone is 1. The minimum absolute atomic E-state index is 0.261. The number of carbonyl (C=O) groups excluding carboxylic acids is 2. The maximum Gasteiger partial charge on any atom is 0.248 e. The first kappa shape index (κ1) is 17.6. The van der Waals surface area contributed by atoms with Crippen molar-refractivity contribution in [3.63, 3.8) is 0 Å². The van der Waals surface area contributed by atoms with Crippen LogP contribution in [0.2, 0.25) is 0 Å². The van der Waals surface area contributed by atoms with Crippen LogP contribution in [0.3, 0.4) is 0 Å². The Morgan fingerprint density at radius 1 is 1.03 bits per heavy atom. The minimum Gasteiger partial charge on any atom is -0.469 e. The van der Waals surface area contributed by atoms with Gasteiger partial charge < -0.3 is 10.2 Å². The van der Waals surface area contributed by atoms with Gasteiger partial charge >= 0.3 is 0 Å². The van der Waals surface area contributed by atoms with E-state index in [0.717, 1.165) is 22.5 Å². The standard InChI is InChI=1S/C22H15N3O3S/c23-11-15-17(16-6-3-9-28-16)18-19(29-20(15)24)22(27)25(21(18)26)14-8-7-12-4-1-2-5-13(12)10-14/h1-10,17-19H,24H2/t17-,18-,19-/m0/s1. The summed E-state index contributed by atoms with van der Waals surface area (Å²) in [5.41, 5.74) is 6.89. The molecule has 6 nitrogen and oxygen atoms in total. The van der Waals surface area contributed by atoms with Crippen LogP contribution in [0, 0.1) is 17.2 Å². The fourth-order valence-corrected chi connectivity index (χ4v) is 5.32. The maximum absolute atomic E-state index is 13.4. The second kappa shape index (κ2) is 6.54. The molecular formula is C22H15N3O3S. The van der Waals surface area contributed by atoms with Crippen molar-refractivity contribution in [2.24, 2.45) is 11.7 Å². The number of furan rings is 1. The number of amides is 2. The molecule has 0 radical (unpaired) electrons. The van der Waals surface area contributed by atoms with E-state index in [1.165, 1.54) is 11.2 Å². The molecule has 3 heterocycles. The van der Waals surface area contributed by atoms with E-state index in [2.05, 4.69) is 6.07 Å². The number of benzene rings is 2. The molecule has 2 aliphatic heterocycles. The Labute approximate surface area is 170 Å². The average Bonchev–Trinajstić information content (AvgIpc) is 3.34. The van der Waals surface area contributed by atoms with E-state index in [9.17, 15) is 14.9 Å². The molecule has 7 heteroatoms. The molecule has 0 bridgehead atoms. The second-order valence-electron chi connectivity index (χ2n) is 6.99. The normalized spacial score (nSPS) is 24.1. The summed E-state index contributed by atoms with van der Waals surface area (Å²) >= 11 is 1.09. The number of nitrogens with zero attached hydrogens (tertiary/aromatic N) is 2. The molecule has 2 amide bonds. The van der Waals surface area contributed by atoms with Crippen molar-refractivity contribution in [3.8, 4) is 6.07 Å². The molecule has 1 saturated heterocycles. The van der Waals surface area contributed by atoms with Gasteiger partial charge in [-0.3, -0.25) is 9.59 Å². The number of fused-ring (bicyclic) bond motifs is 2. The van der Waals surface area contributed by atoms with E-state index in [4.69, 9.17) is 10.2 Å². The number of thioether (sulfide) groups is 1. The van der Waals surface area contributed by atoms with Crippen LogP contribution in [0.4, 0.5) is 5.69 Å². The topological polar surface area (TPSA) is 100 Å². The van der Waals surface area contributed by atoms with Crippen molar-refractivity contribution in [2.45, 2.75) is 11.2 Å². The Bertz CT molecular complexity index is 1230. The zero-order valence-corrected chi connectivity index (χ0v) is 15.9. The number of nitriles is 1. The van der Waals surface area contributed by atoms with E-state index >= 15 is 0 Å². The van der Waals surface area contributed by atoms with E-state index in [1.54, 1.807) is 18.2 Å². The lowest BCUT2D eigenvalue weighted by atomic mass is 9.82. The number of hydrogen-bond acceptors (Lipinski definition) is 6. The number of anilines is 1. The first-order valence-electron chi connectivity index (χ1n) is 9.06. The van der Waals surface area contributed by atoms with Crippen LogP contribution >= 0.6 is 11.8 Å². The Morgan fingerprint density at radius 3 is 2.55 bits per heavy atom. The van der Waals surface area contributed by atoms with Gasteiger partial charge in [-0.15, -0.1) is 0 Å². The molecule has 2 aromatic carbocycles. The first-order chi connectivity index (χ1) is 14.1. The molecule has 3 atom stereocenters. The molecule has 0 unspecified atom stereocenters. The number of carbonyl (C=O) groups is 2. The third-order valence-electron chi connectivity index (χ3n) is 5.45. The van der Waals surface area contributed by atoms with Crippen LogP contribution in [-0.2, 0) is 9.59 Å². The molecule has 0 spiro atoms. The Morgan fingerprint density at radius 2 is 1.83 bits per heavy atom.